The van der Waals surface area contributed by atoms with Crippen molar-refractivity contribution in [2.45, 2.75) is 18.2 Å². The Balaban J connectivity index is 2.07. The van der Waals surface area contributed by atoms with Crippen LogP contribution in [0.1, 0.15) is 6.92 Å². The summed E-state index contributed by atoms with van der Waals surface area (Å²) in [5, 5.41) is 5.95. The van der Waals surface area contributed by atoms with Crippen molar-refractivity contribution in [3.8, 4) is 0 Å². The second-order valence-corrected chi connectivity index (χ2v) is 6.63. The van der Waals surface area contributed by atoms with Gasteiger partial charge in [-0.2, -0.15) is 0 Å². The number of nitrogens with zero attached hydrogens (tertiary/aromatic N) is 1. The van der Waals surface area contributed by atoms with Crippen LogP contribution in [0, 0.1) is 3.57 Å². The highest BCUT2D eigenvalue weighted by molar-refractivity contribution is 14.1. The van der Waals surface area contributed by atoms with Crippen LogP contribution in [0.2, 0.25) is 0 Å². The summed E-state index contributed by atoms with van der Waals surface area (Å²) in [6.45, 7) is 2.16. The minimum atomic E-state index is 0.383. The Morgan fingerprint density at radius 1 is 1.50 bits per heavy atom. The van der Waals surface area contributed by atoms with E-state index in [4.69, 9.17) is 0 Å². The molecule has 0 spiro atoms. The van der Waals surface area contributed by atoms with Crippen LogP contribution in [0.25, 0.3) is 0 Å². The SMILES string of the molecule is CC1N=C(Nc2ccccc2I)SC1CBr. The van der Waals surface area contributed by atoms with Gasteiger partial charge in [-0.05, 0) is 41.6 Å². The highest BCUT2D eigenvalue weighted by atomic mass is 127. The van der Waals surface area contributed by atoms with Crippen LogP contribution in [0.4, 0.5) is 5.69 Å². The number of halogens is 2. The topological polar surface area (TPSA) is 24.4 Å². The van der Waals surface area contributed by atoms with E-state index in [0.717, 1.165) is 16.2 Å². The fraction of sp³-hybridized carbons (Fsp3) is 0.364. The third kappa shape index (κ3) is 2.92. The van der Waals surface area contributed by atoms with E-state index in [1.165, 1.54) is 3.57 Å². The molecule has 1 aromatic carbocycles. The maximum atomic E-state index is 4.61. The van der Waals surface area contributed by atoms with E-state index in [0.29, 0.717) is 11.3 Å². The van der Waals surface area contributed by atoms with Crippen LogP contribution in [0.5, 0.6) is 0 Å². The smallest absolute Gasteiger partial charge is 0.161 e. The number of nitrogens with one attached hydrogen (secondary N) is 1. The average Bonchev–Trinajstić information content (AvgIpc) is 2.62. The summed E-state index contributed by atoms with van der Waals surface area (Å²) < 4.78 is 1.22. The normalized spacial score (nSPS) is 24.3. The molecule has 2 rings (SSSR count). The molecule has 2 nitrogen and oxygen atoms in total. The van der Waals surface area contributed by atoms with Gasteiger partial charge in [0, 0.05) is 14.2 Å². The summed E-state index contributed by atoms with van der Waals surface area (Å²) in [4.78, 5) is 4.61. The molecule has 2 atom stereocenters. The fourth-order valence-electron chi connectivity index (χ4n) is 1.44. The van der Waals surface area contributed by atoms with Gasteiger partial charge in [0.05, 0.1) is 11.7 Å². The molecule has 0 aromatic heterocycles. The molecule has 0 saturated heterocycles. The molecule has 1 aliphatic heterocycles. The van der Waals surface area contributed by atoms with Crippen molar-refractivity contribution in [3.63, 3.8) is 0 Å². The van der Waals surface area contributed by atoms with Gasteiger partial charge in [-0.25, -0.2) is 0 Å². The van der Waals surface area contributed by atoms with Crippen LogP contribution >= 0.6 is 50.3 Å². The zero-order chi connectivity index (χ0) is 11.5. The van der Waals surface area contributed by atoms with E-state index in [-0.39, 0.29) is 0 Å². The second-order valence-electron chi connectivity index (χ2n) is 3.59. The first-order valence-corrected chi connectivity index (χ1v) is 8.10. The van der Waals surface area contributed by atoms with Crippen LogP contribution in [-0.2, 0) is 0 Å². The number of alkyl halides is 1. The van der Waals surface area contributed by atoms with Gasteiger partial charge in [0.15, 0.2) is 5.17 Å². The van der Waals surface area contributed by atoms with E-state index >= 15 is 0 Å². The lowest BCUT2D eigenvalue weighted by Crippen LogP contribution is -2.14. The van der Waals surface area contributed by atoms with E-state index in [1.54, 1.807) is 0 Å². The zero-order valence-electron chi connectivity index (χ0n) is 8.78. The Kier molecular flexibility index (Phi) is 4.55. The molecule has 5 heteroatoms. The maximum absolute atomic E-state index is 4.61. The molecule has 0 amide bonds. The van der Waals surface area contributed by atoms with Crippen LogP contribution < -0.4 is 5.32 Å². The van der Waals surface area contributed by atoms with Gasteiger partial charge in [-0.1, -0.05) is 39.8 Å². The molecule has 1 aromatic rings. The van der Waals surface area contributed by atoms with Gasteiger partial charge < -0.3 is 5.32 Å². The number of hydrogen-bond donors (Lipinski definition) is 1. The van der Waals surface area contributed by atoms with Crippen molar-refractivity contribution in [1.29, 1.82) is 0 Å². The van der Waals surface area contributed by atoms with E-state index in [1.807, 2.05) is 23.9 Å². The maximum Gasteiger partial charge on any atom is 0.161 e. The van der Waals surface area contributed by atoms with Gasteiger partial charge in [0.1, 0.15) is 0 Å². The predicted molar refractivity (Wildman–Crippen MR) is 84.9 cm³/mol. The number of rotatable bonds is 2. The van der Waals surface area contributed by atoms with Gasteiger partial charge >= 0.3 is 0 Å². The Labute approximate surface area is 122 Å². The Bertz CT molecular complexity index is 411. The summed E-state index contributed by atoms with van der Waals surface area (Å²) >= 11 is 7.66. The molecule has 0 bridgehead atoms. The number of aliphatic imine (C=N–C) groups is 1. The lowest BCUT2D eigenvalue weighted by atomic mass is 10.3. The summed E-state index contributed by atoms with van der Waals surface area (Å²) in [5.41, 5.74) is 1.14. The Morgan fingerprint density at radius 3 is 2.88 bits per heavy atom. The van der Waals surface area contributed by atoms with Crippen molar-refractivity contribution >= 4 is 61.1 Å². The highest BCUT2D eigenvalue weighted by Gasteiger charge is 2.25. The van der Waals surface area contributed by atoms with Crippen molar-refractivity contribution in [2.75, 3.05) is 10.6 Å². The minimum Gasteiger partial charge on any atom is -0.334 e. The van der Waals surface area contributed by atoms with Crippen molar-refractivity contribution in [1.82, 2.24) is 0 Å². The first-order valence-electron chi connectivity index (χ1n) is 5.02. The van der Waals surface area contributed by atoms with Crippen LogP contribution in [-0.4, -0.2) is 21.8 Å². The lowest BCUT2D eigenvalue weighted by molar-refractivity contribution is 0.758. The summed E-state index contributed by atoms with van der Waals surface area (Å²) in [5.74, 6) is 0. The number of benzene rings is 1. The van der Waals surface area contributed by atoms with Crippen molar-refractivity contribution in [2.24, 2.45) is 4.99 Å². The lowest BCUT2D eigenvalue weighted by Gasteiger charge is -2.09. The van der Waals surface area contributed by atoms with Crippen molar-refractivity contribution in [3.05, 3.63) is 27.8 Å². The number of para-hydroxylation sites is 1. The average molecular weight is 411 g/mol. The molecule has 0 aliphatic carbocycles. The number of amidine groups is 1. The molecule has 86 valence electrons. The van der Waals surface area contributed by atoms with Gasteiger partial charge in [-0.15, -0.1) is 0 Å². The quantitative estimate of drug-likeness (QED) is 0.589. The molecule has 1 aliphatic rings. The van der Waals surface area contributed by atoms with Gasteiger partial charge in [0.25, 0.3) is 0 Å². The third-order valence-electron chi connectivity index (χ3n) is 2.39. The standard InChI is InChI=1S/C11H12BrIN2S/c1-7-10(6-12)16-11(14-7)15-9-5-3-2-4-8(9)13/h2-5,7,10H,6H2,1H3,(H,14,15). The second kappa shape index (κ2) is 5.73. The van der Waals surface area contributed by atoms with E-state index in [2.05, 4.69) is 67.9 Å². The molecule has 0 fully saturated rings. The Morgan fingerprint density at radius 2 is 2.25 bits per heavy atom. The monoisotopic (exact) mass is 410 g/mol. The van der Waals surface area contributed by atoms with Gasteiger partial charge in [-0.3, -0.25) is 4.99 Å². The first-order chi connectivity index (χ1) is 7.70. The summed E-state index contributed by atoms with van der Waals surface area (Å²) in [7, 11) is 0. The molecular formula is C11H12BrIN2S. The molecular weight excluding hydrogens is 399 g/mol. The number of hydrogen-bond acceptors (Lipinski definition) is 3. The van der Waals surface area contributed by atoms with E-state index in [9.17, 15) is 0 Å². The third-order valence-corrected chi connectivity index (χ3v) is 5.75. The number of thioether (sulfide) groups is 1. The molecule has 0 radical (unpaired) electrons. The van der Waals surface area contributed by atoms with Gasteiger partial charge in [0.2, 0.25) is 0 Å². The minimum absolute atomic E-state index is 0.383. The van der Waals surface area contributed by atoms with E-state index < -0.39 is 0 Å². The van der Waals surface area contributed by atoms with Crippen molar-refractivity contribution < 1.29 is 0 Å². The van der Waals surface area contributed by atoms with Crippen LogP contribution in [0.3, 0.4) is 0 Å². The largest absolute Gasteiger partial charge is 0.334 e. The Hall–Kier alpha value is 0.250. The van der Waals surface area contributed by atoms with Crippen LogP contribution in [0.15, 0.2) is 29.3 Å². The fourth-order valence-corrected chi connectivity index (χ4v) is 3.90. The molecule has 0 saturated carbocycles. The molecule has 1 N–H and O–H groups in total. The number of anilines is 1. The summed E-state index contributed by atoms with van der Waals surface area (Å²) in [6.07, 6.45) is 0. The first kappa shape index (κ1) is 12.7. The summed E-state index contributed by atoms with van der Waals surface area (Å²) in [6, 6.07) is 8.63. The molecule has 2 unspecified atom stereocenters. The predicted octanol–water partition coefficient (Wildman–Crippen LogP) is 3.96. The molecule has 1 heterocycles. The zero-order valence-corrected chi connectivity index (χ0v) is 13.3. The highest BCUT2D eigenvalue weighted by Crippen LogP contribution is 2.29. The molecule has 16 heavy (non-hydrogen) atoms.